The fourth-order valence-electron chi connectivity index (χ4n) is 1.58. The minimum absolute atomic E-state index is 0.348. The first-order chi connectivity index (χ1) is 8.05. The van der Waals surface area contributed by atoms with Crippen LogP contribution in [0.4, 0.5) is 0 Å². The molecular weight excluding hydrogens is 236 g/mol. The van der Waals surface area contributed by atoms with E-state index >= 15 is 0 Å². The standard InChI is InChI=1S/C12H20N2O2S/c1-3-7-14-17(15,16)12-8-10(9-13)5-6-11(12)4-2/h5-6,8,14H,3-4,7,9,13H2,1-2H3. The van der Waals surface area contributed by atoms with Crippen LogP contribution in [0.25, 0.3) is 0 Å². The lowest BCUT2D eigenvalue weighted by molar-refractivity contribution is 0.579. The summed E-state index contributed by atoms with van der Waals surface area (Å²) in [6, 6.07) is 5.37. The lowest BCUT2D eigenvalue weighted by atomic mass is 10.1. The summed E-state index contributed by atoms with van der Waals surface area (Å²) in [6.45, 7) is 4.68. The van der Waals surface area contributed by atoms with Gasteiger partial charge in [0.1, 0.15) is 0 Å². The summed E-state index contributed by atoms with van der Waals surface area (Å²) in [5.41, 5.74) is 7.20. The van der Waals surface area contributed by atoms with Gasteiger partial charge < -0.3 is 5.73 Å². The maximum absolute atomic E-state index is 12.1. The van der Waals surface area contributed by atoms with E-state index in [1.54, 1.807) is 6.07 Å². The van der Waals surface area contributed by atoms with Gasteiger partial charge in [0.25, 0.3) is 0 Å². The lowest BCUT2D eigenvalue weighted by Gasteiger charge is -2.11. The monoisotopic (exact) mass is 256 g/mol. The molecule has 1 rings (SSSR count). The molecule has 0 unspecified atom stereocenters. The molecular formula is C12H20N2O2S. The van der Waals surface area contributed by atoms with Crippen molar-refractivity contribution in [3.05, 3.63) is 29.3 Å². The Morgan fingerprint density at radius 3 is 2.53 bits per heavy atom. The molecule has 0 saturated carbocycles. The zero-order valence-corrected chi connectivity index (χ0v) is 11.2. The Kier molecular flexibility index (Phi) is 5.11. The van der Waals surface area contributed by atoms with Gasteiger partial charge in [-0.25, -0.2) is 13.1 Å². The Hall–Kier alpha value is -0.910. The van der Waals surface area contributed by atoms with Crippen molar-refractivity contribution in [3.63, 3.8) is 0 Å². The Morgan fingerprint density at radius 1 is 1.29 bits per heavy atom. The van der Waals surface area contributed by atoms with Crippen LogP contribution in [-0.2, 0) is 23.0 Å². The van der Waals surface area contributed by atoms with E-state index in [-0.39, 0.29) is 0 Å². The third-order valence-corrected chi connectivity index (χ3v) is 4.12. The highest BCUT2D eigenvalue weighted by Gasteiger charge is 2.17. The Morgan fingerprint density at radius 2 is 2.00 bits per heavy atom. The van der Waals surface area contributed by atoms with Crippen molar-refractivity contribution in [2.24, 2.45) is 5.73 Å². The molecule has 0 fully saturated rings. The predicted octanol–water partition coefficient (Wildman–Crippen LogP) is 1.40. The van der Waals surface area contributed by atoms with Crippen molar-refractivity contribution in [1.82, 2.24) is 4.72 Å². The fraction of sp³-hybridized carbons (Fsp3) is 0.500. The fourth-order valence-corrected chi connectivity index (χ4v) is 3.07. The van der Waals surface area contributed by atoms with E-state index in [0.717, 1.165) is 17.5 Å². The number of rotatable bonds is 6. The molecule has 0 spiro atoms. The molecule has 0 bridgehead atoms. The zero-order chi connectivity index (χ0) is 12.9. The molecule has 17 heavy (non-hydrogen) atoms. The Bertz CT molecular complexity index is 469. The van der Waals surface area contributed by atoms with E-state index in [2.05, 4.69) is 4.72 Å². The quantitative estimate of drug-likeness (QED) is 0.808. The molecule has 0 saturated heterocycles. The van der Waals surface area contributed by atoms with Crippen LogP contribution in [-0.4, -0.2) is 15.0 Å². The molecule has 96 valence electrons. The molecule has 0 aliphatic carbocycles. The highest BCUT2D eigenvalue weighted by atomic mass is 32.2. The van der Waals surface area contributed by atoms with Crippen LogP contribution in [0.15, 0.2) is 23.1 Å². The van der Waals surface area contributed by atoms with E-state index in [9.17, 15) is 8.42 Å². The molecule has 1 aromatic carbocycles. The highest BCUT2D eigenvalue weighted by Crippen LogP contribution is 2.18. The van der Waals surface area contributed by atoms with Gasteiger partial charge in [-0.15, -0.1) is 0 Å². The van der Waals surface area contributed by atoms with E-state index < -0.39 is 10.0 Å². The van der Waals surface area contributed by atoms with E-state index in [0.29, 0.717) is 24.4 Å². The lowest BCUT2D eigenvalue weighted by Crippen LogP contribution is -2.25. The largest absolute Gasteiger partial charge is 0.326 e. The van der Waals surface area contributed by atoms with Crippen molar-refractivity contribution in [1.29, 1.82) is 0 Å². The van der Waals surface area contributed by atoms with Gasteiger partial charge in [0.05, 0.1) is 4.90 Å². The van der Waals surface area contributed by atoms with E-state index in [1.807, 2.05) is 26.0 Å². The van der Waals surface area contributed by atoms with Gasteiger partial charge in [0.2, 0.25) is 10.0 Å². The second kappa shape index (κ2) is 6.14. The minimum Gasteiger partial charge on any atom is -0.326 e. The molecule has 5 heteroatoms. The molecule has 4 nitrogen and oxygen atoms in total. The molecule has 0 atom stereocenters. The molecule has 0 aliphatic heterocycles. The van der Waals surface area contributed by atoms with Crippen molar-refractivity contribution >= 4 is 10.0 Å². The SMILES string of the molecule is CCCNS(=O)(=O)c1cc(CN)ccc1CC. The summed E-state index contributed by atoms with van der Waals surface area (Å²) < 4.78 is 26.8. The van der Waals surface area contributed by atoms with Crippen LogP contribution in [0, 0.1) is 0 Å². The number of benzene rings is 1. The first-order valence-electron chi connectivity index (χ1n) is 5.86. The number of hydrogen-bond acceptors (Lipinski definition) is 3. The van der Waals surface area contributed by atoms with Crippen LogP contribution in [0.5, 0.6) is 0 Å². The molecule has 0 aromatic heterocycles. The van der Waals surface area contributed by atoms with Gasteiger partial charge >= 0.3 is 0 Å². The van der Waals surface area contributed by atoms with Gasteiger partial charge in [-0.05, 0) is 30.0 Å². The predicted molar refractivity (Wildman–Crippen MR) is 69.2 cm³/mol. The summed E-state index contributed by atoms with van der Waals surface area (Å²) in [4.78, 5) is 0.358. The second-order valence-corrected chi connectivity index (χ2v) is 5.63. The van der Waals surface area contributed by atoms with Crippen LogP contribution in [0.2, 0.25) is 0 Å². The molecule has 3 N–H and O–H groups in total. The third-order valence-electron chi connectivity index (χ3n) is 2.58. The number of hydrogen-bond donors (Lipinski definition) is 2. The van der Waals surface area contributed by atoms with Gasteiger partial charge in [-0.1, -0.05) is 26.0 Å². The third kappa shape index (κ3) is 3.52. The zero-order valence-electron chi connectivity index (χ0n) is 10.4. The van der Waals surface area contributed by atoms with Crippen molar-refractivity contribution in [3.8, 4) is 0 Å². The second-order valence-electron chi connectivity index (χ2n) is 3.90. The van der Waals surface area contributed by atoms with Crippen LogP contribution in [0.1, 0.15) is 31.4 Å². The molecule has 1 aromatic rings. The Balaban J connectivity index is 3.17. The van der Waals surface area contributed by atoms with Crippen LogP contribution < -0.4 is 10.5 Å². The maximum atomic E-state index is 12.1. The van der Waals surface area contributed by atoms with Crippen LogP contribution in [0.3, 0.4) is 0 Å². The van der Waals surface area contributed by atoms with Gasteiger partial charge in [-0.2, -0.15) is 0 Å². The first-order valence-corrected chi connectivity index (χ1v) is 7.35. The summed E-state index contributed by atoms with van der Waals surface area (Å²) in [7, 11) is -3.40. The highest BCUT2D eigenvalue weighted by molar-refractivity contribution is 7.89. The molecule has 0 amide bonds. The van der Waals surface area contributed by atoms with Gasteiger partial charge in [-0.3, -0.25) is 0 Å². The van der Waals surface area contributed by atoms with Crippen LogP contribution >= 0.6 is 0 Å². The molecule has 0 aliphatic rings. The van der Waals surface area contributed by atoms with Crippen molar-refractivity contribution < 1.29 is 8.42 Å². The topological polar surface area (TPSA) is 72.2 Å². The maximum Gasteiger partial charge on any atom is 0.240 e. The number of nitrogens with one attached hydrogen (secondary N) is 1. The van der Waals surface area contributed by atoms with E-state index in [4.69, 9.17) is 5.73 Å². The van der Waals surface area contributed by atoms with Crippen molar-refractivity contribution in [2.45, 2.75) is 38.1 Å². The average Bonchev–Trinajstić information content (AvgIpc) is 2.35. The smallest absolute Gasteiger partial charge is 0.240 e. The summed E-state index contributed by atoms with van der Waals surface area (Å²) in [5, 5.41) is 0. The summed E-state index contributed by atoms with van der Waals surface area (Å²) in [5.74, 6) is 0. The van der Waals surface area contributed by atoms with Gasteiger partial charge in [0.15, 0.2) is 0 Å². The van der Waals surface area contributed by atoms with E-state index in [1.165, 1.54) is 0 Å². The first kappa shape index (κ1) is 14.2. The number of sulfonamides is 1. The number of aryl methyl sites for hydroxylation is 1. The van der Waals surface area contributed by atoms with Gasteiger partial charge in [0, 0.05) is 13.1 Å². The molecule has 0 heterocycles. The minimum atomic E-state index is -3.40. The van der Waals surface area contributed by atoms with Crippen molar-refractivity contribution in [2.75, 3.05) is 6.54 Å². The normalized spacial score (nSPS) is 11.7. The Labute approximate surface area is 103 Å². The number of nitrogens with two attached hydrogens (primary N) is 1. The average molecular weight is 256 g/mol. The summed E-state index contributed by atoms with van der Waals surface area (Å²) in [6.07, 6.45) is 1.46. The summed E-state index contributed by atoms with van der Waals surface area (Å²) >= 11 is 0. The molecule has 0 radical (unpaired) electrons.